The van der Waals surface area contributed by atoms with E-state index in [1.54, 1.807) is 0 Å². The van der Waals surface area contributed by atoms with Gasteiger partial charge in [0.05, 0.1) is 6.04 Å². The number of aliphatic hydroxyl groups excluding tert-OH is 1. The van der Waals surface area contributed by atoms with Gasteiger partial charge in [0.15, 0.2) is 0 Å². The third-order valence-electron chi connectivity index (χ3n) is 4.10. The van der Waals surface area contributed by atoms with E-state index >= 15 is 0 Å². The van der Waals surface area contributed by atoms with Gasteiger partial charge in [-0.1, -0.05) is 6.07 Å². The van der Waals surface area contributed by atoms with E-state index in [0.29, 0.717) is 6.61 Å². The lowest BCUT2D eigenvalue weighted by Crippen LogP contribution is -2.41. The highest BCUT2D eigenvalue weighted by Crippen LogP contribution is 2.40. The van der Waals surface area contributed by atoms with Gasteiger partial charge in [0.2, 0.25) is 0 Å². The lowest BCUT2D eigenvalue weighted by molar-refractivity contribution is 0.00835. The molecule has 2 aliphatic rings. The van der Waals surface area contributed by atoms with Gasteiger partial charge >= 0.3 is 0 Å². The van der Waals surface area contributed by atoms with Crippen LogP contribution in [0, 0.1) is 13.8 Å². The molecule has 0 aliphatic carbocycles. The van der Waals surface area contributed by atoms with E-state index in [1.807, 2.05) is 0 Å². The SMILES string of the molecule is Cc1cc(C)c2c(c1)OCC(O)C2N1CCCC1. The first kappa shape index (κ1) is 12.0. The highest BCUT2D eigenvalue weighted by molar-refractivity contribution is 5.47. The first-order chi connectivity index (χ1) is 8.66. The Hall–Kier alpha value is -1.06. The third-order valence-corrected chi connectivity index (χ3v) is 4.10. The highest BCUT2D eigenvalue weighted by Gasteiger charge is 2.36. The van der Waals surface area contributed by atoms with Gasteiger partial charge in [0.1, 0.15) is 18.5 Å². The number of rotatable bonds is 1. The Morgan fingerprint density at radius 3 is 2.67 bits per heavy atom. The van der Waals surface area contributed by atoms with Crippen LogP contribution in [-0.2, 0) is 0 Å². The molecule has 2 heterocycles. The van der Waals surface area contributed by atoms with Crippen molar-refractivity contribution in [2.24, 2.45) is 0 Å². The van der Waals surface area contributed by atoms with Gasteiger partial charge in [-0.25, -0.2) is 0 Å². The fourth-order valence-corrected chi connectivity index (χ4v) is 3.34. The molecule has 0 aromatic heterocycles. The number of benzene rings is 1. The Kier molecular flexibility index (Phi) is 3.04. The van der Waals surface area contributed by atoms with E-state index in [2.05, 4.69) is 30.9 Å². The minimum Gasteiger partial charge on any atom is -0.490 e. The van der Waals surface area contributed by atoms with E-state index in [1.165, 1.54) is 29.5 Å². The molecule has 98 valence electrons. The molecule has 0 bridgehead atoms. The molecular formula is C15H21NO2. The number of hydrogen-bond acceptors (Lipinski definition) is 3. The molecule has 2 aliphatic heterocycles. The van der Waals surface area contributed by atoms with E-state index < -0.39 is 6.10 Å². The van der Waals surface area contributed by atoms with Crippen molar-refractivity contribution in [3.63, 3.8) is 0 Å². The summed E-state index contributed by atoms with van der Waals surface area (Å²) in [7, 11) is 0. The summed E-state index contributed by atoms with van der Waals surface area (Å²) in [5, 5.41) is 10.3. The van der Waals surface area contributed by atoms with Crippen LogP contribution in [0.3, 0.4) is 0 Å². The predicted molar refractivity (Wildman–Crippen MR) is 71.0 cm³/mol. The van der Waals surface area contributed by atoms with Gasteiger partial charge in [-0.3, -0.25) is 4.90 Å². The summed E-state index contributed by atoms with van der Waals surface area (Å²) in [4.78, 5) is 2.41. The third kappa shape index (κ3) is 1.91. The molecule has 0 spiro atoms. The average Bonchev–Trinajstić information content (AvgIpc) is 2.83. The summed E-state index contributed by atoms with van der Waals surface area (Å²) in [5.41, 5.74) is 3.66. The monoisotopic (exact) mass is 247 g/mol. The van der Waals surface area contributed by atoms with Crippen molar-refractivity contribution in [1.82, 2.24) is 4.90 Å². The Morgan fingerprint density at radius 2 is 1.94 bits per heavy atom. The smallest absolute Gasteiger partial charge is 0.124 e. The van der Waals surface area contributed by atoms with Crippen LogP contribution in [0.5, 0.6) is 5.75 Å². The fraction of sp³-hybridized carbons (Fsp3) is 0.600. The second kappa shape index (κ2) is 4.56. The quantitative estimate of drug-likeness (QED) is 0.825. The van der Waals surface area contributed by atoms with Gasteiger partial charge in [-0.15, -0.1) is 0 Å². The predicted octanol–water partition coefficient (Wildman–Crippen LogP) is 2.19. The maximum absolute atomic E-state index is 10.3. The van der Waals surface area contributed by atoms with Gasteiger partial charge in [-0.2, -0.15) is 0 Å². The molecule has 1 saturated heterocycles. The number of nitrogens with zero attached hydrogens (tertiary/aromatic N) is 1. The van der Waals surface area contributed by atoms with Crippen LogP contribution in [0.4, 0.5) is 0 Å². The Bertz CT molecular complexity index is 452. The number of aliphatic hydroxyl groups is 1. The summed E-state index contributed by atoms with van der Waals surface area (Å²) in [5.74, 6) is 0.967. The molecule has 0 amide bonds. The standard InChI is InChI=1S/C15H21NO2/c1-10-7-11(2)14-13(8-10)18-9-12(17)15(14)16-5-3-4-6-16/h7-8,12,15,17H,3-6,9H2,1-2H3. The summed E-state index contributed by atoms with van der Waals surface area (Å²) in [6, 6.07) is 4.40. The Morgan fingerprint density at radius 1 is 1.22 bits per heavy atom. The van der Waals surface area contributed by atoms with Crippen molar-refractivity contribution < 1.29 is 9.84 Å². The second-order valence-electron chi connectivity index (χ2n) is 5.56. The number of likely N-dealkylation sites (tertiary alicyclic amines) is 1. The molecule has 1 aromatic carbocycles. The molecule has 1 N–H and O–H groups in total. The fourth-order valence-electron chi connectivity index (χ4n) is 3.34. The van der Waals surface area contributed by atoms with E-state index in [9.17, 15) is 5.11 Å². The topological polar surface area (TPSA) is 32.7 Å². The maximum Gasteiger partial charge on any atom is 0.124 e. The highest BCUT2D eigenvalue weighted by atomic mass is 16.5. The Balaban J connectivity index is 2.05. The van der Waals surface area contributed by atoms with Crippen molar-refractivity contribution in [2.75, 3.05) is 19.7 Å². The molecular weight excluding hydrogens is 226 g/mol. The van der Waals surface area contributed by atoms with Crippen molar-refractivity contribution in [1.29, 1.82) is 0 Å². The van der Waals surface area contributed by atoms with Crippen LogP contribution < -0.4 is 4.74 Å². The minimum absolute atomic E-state index is 0.122. The zero-order valence-corrected chi connectivity index (χ0v) is 11.1. The van der Waals surface area contributed by atoms with Crippen molar-refractivity contribution >= 4 is 0 Å². The molecule has 1 aromatic rings. The molecule has 3 nitrogen and oxygen atoms in total. The number of fused-ring (bicyclic) bond motifs is 1. The van der Waals surface area contributed by atoms with Crippen LogP contribution in [0.25, 0.3) is 0 Å². The van der Waals surface area contributed by atoms with E-state index in [-0.39, 0.29) is 6.04 Å². The maximum atomic E-state index is 10.3. The zero-order valence-electron chi connectivity index (χ0n) is 11.1. The summed E-state index contributed by atoms with van der Waals surface area (Å²) >= 11 is 0. The number of hydrogen-bond donors (Lipinski definition) is 1. The second-order valence-corrected chi connectivity index (χ2v) is 5.56. The van der Waals surface area contributed by atoms with Gasteiger partial charge in [0.25, 0.3) is 0 Å². The zero-order chi connectivity index (χ0) is 12.7. The van der Waals surface area contributed by atoms with Crippen LogP contribution >= 0.6 is 0 Å². The molecule has 3 heteroatoms. The van der Waals surface area contributed by atoms with Gasteiger partial charge in [-0.05, 0) is 57.0 Å². The summed E-state index contributed by atoms with van der Waals surface area (Å²) in [6.45, 7) is 6.81. The first-order valence-corrected chi connectivity index (χ1v) is 6.83. The van der Waals surface area contributed by atoms with Crippen molar-refractivity contribution in [2.45, 2.75) is 38.8 Å². The first-order valence-electron chi connectivity index (χ1n) is 6.83. The van der Waals surface area contributed by atoms with Crippen LogP contribution in [0.1, 0.15) is 35.6 Å². The molecule has 1 fully saturated rings. The summed E-state index contributed by atoms with van der Waals surface area (Å²) in [6.07, 6.45) is 2.08. The average molecular weight is 247 g/mol. The van der Waals surface area contributed by atoms with Crippen molar-refractivity contribution in [3.05, 3.63) is 28.8 Å². The lowest BCUT2D eigenvalue weighted by atomic mass is 9.91. The molecule has 0 saturated carbocycles. The van der Waals surface area contributed by atoms with E-state index in [0.717, 1.165) is 18.8 Å². The normalized spacial score (nSPS) is 27.9. The molecule has 2 unspecified atom stereocenters. The number of ether oxygens (including phenoxy) is 1. The van der Waals surface area contributed by atoms with Crippen LogP contribution in [-0.4, -0.2) is 35.8 Å². The lowest BCUT2D eigenvalue weighted by Gasteiger charge is -2.37. The van der Waals surface area contributed by atoms with E-state index in [4.69, 9.17) is 4.74 Å². The minimum atomic E-state index is -0.406. The van der Waals surface area contributed by atoms with Gasteiger partial charge in [0, 0.05) is 5.56 Å². The summed E-state index contributed by atoms with van der Waals surface area (Å²) < 4.78 is 5.71. The van der Waals surface area contributed by atoms with Crippen molar-refractivity contribution in [3.8, 4) is 5.75 Å². The largest absolute Gasteiger partial charge is 0.490 e. The Labute approximate surface area is 108 Å². The van der Waals surface area contributed by atoms with Crippen LogP contribution in [0.2, 0.25) is 0 Å². The molecule has 18 heavy (non-hydrogen) atoms. The number of aryl methyl sites for hydroxylation is 2. The van der Waals surface area contributed by atoms with Gasteiger partial charge < -0.3 is 9.84 Å². The molecule has 3 rings (SSSR count). The molecule has 0 radical (unpaired) electrons. The molecule has 2 atom stereocenters. The van der Waals surface area contributed by atoms with Crippen LogP contribution in [0.15, 0.2) is 12.1 Å².